The van der Waals surface area contributed by atoms with Gasteiger partial charge in [-0.25, -0.2) is 0 Å². The van der Waals surface area contributed by atoms with Crippen molar-refractivity contribution in [3.05, 3.63) is 53.6 Å². The molecule has 0 aliphatic carbocycles. The molecule has 0 heterocycles. The van der Waals surface area contributed by atoms with E-state index in [0.29, 0.717) is 18.0 Å². The summed E-state index contributed by atoms with van der Waals surface area (Å²) in [6.07, 6.45) is 0.283. The zero-order valence-corrected chi connectivity index (χ0v) is 13.2. The number of carbonyl (C=O) groups is 1. The molecule has 22 heavy (non-hydrogen) atoms. The van der Waals surface area contributed by atoms with Gasteiger partial charge in [-0.05, 0) is 43.2 Å². The zero-order chi connectivity index (χ0) is 15.9. The Morgan fingerprint density at radius 2 is 1.77 bits per heavy atom. The number of nitrogens with one attached hydrogen (secondary N) is 1. The average molecular weight is 299 g/mol. The van der Waals surface area contributed by atoms with Crippen molar-refractivity contribution in [1.82, 2.24) is 0 Å². The first kappa shape index (κ1) is 15.9. The van der Waals surface area contributed by atoms with Gasteiger partial charge < -0.3 is 14.8 Å². The predicted octanol–water partition coefficient (Wildman–Crippen LogP) is 3.72. The normalized spacial score (nSPS) is 10.1. The van der Waals surface area contributed by atoms with E-state index in [1.807, 2.05) is 56.3 Å². The number of benzene rings is 2. The highest BCUT2D eigenvalue weighted by molar-refractivity contribution is 5.92. The number of methoxy groups -OCH3 is 1. The molecule has 0 aliphatic rings. The van der Waals surface area contributed by atoms with Crippen LogP contribution >= 0.6 is 0 Å². The van der Waals surface area contributed by atoms with E-state index in [-0.39, 0.29) is 12.3 Å². The Bertz CT molecular complexity index is 653. The van der Waals surface area contributed by atoms with Crippen molar-refractivity contribution in [3.8, 4) is 11.5 Å². The number of anilines is 1. The molecule has 0 fully saturated rings. The first-order valence-electron chi connectivity index (χ1n) is 7.23. The van der Waals surface area contributed by atoms with Gasteiger partial charge in [-0.15, -0.1) is 0 Å². The Morgan fingerprint density at radius 1 is 1.05 bits per heavy atom. The number of ether oxygens (including phenoxy) is 2. The van der Waals surface area contributed by atoms with E-state index in [1.165, 1.54) is 5.56 Å². The summed E-state index contributed by atoms with van der Waals surface area (Å²) in [5, 5.41) is 2.83. The van der Waals surface area contributed by atoms with E-state index in [2.05, 4.69) is 5.32 Å². The third kappa shape index (κ3) is 4.01. The molecule has 116 valence electrons. The molecule has 1 N–H and O–H groups in total. The van der Waals surface area contributed by atoms with Gasteiger partial charge in [0.25, 0.3) is 0 Å². The zero-order valence-electron chi connectivity index (χ0n) is 13.2. The highest BCUT2D eigenvalue weighted by atomic mass is 16.5. The molecular formula is C18H21NO3. The van der Waals surface area contributed by atoms with Crippen molar-refractivity contribution in [2.45, 2.75) is 20.3 Å². The van der Waals surface area contributed by atoms with Crippen molar-refractivity contribution < 1.29 is 14.3 Å². The molecule has 0 bridgehead atoms. The molecule has 4 nitrogen and oxygen atoms in total. The molecule has 0 spiro atoms. The third-order valence-corrected chi connectivity index (χ3v) is 3.52. The lowest BCUT2D eigenvalue weighted by molar-refractivity contribution is -0.116. The summed E-state index contributed by atoms with van der Waals surface area (Å²) in [6.45, 7) is 4.39. The summed E-state index contributed by atoms with van der Waals surface area (Å²) in [5.74, 6) is 1.37. The van der Waals surface area contributed by atoms with Crippen LogP contribution in [-0.4, -0.2) is 19.6 Å². The predicted molar refractivity (Wildman–Crippen MR) is 87.7 cm³/mol. The fraction of sp³-hybridized carbons (Fsp3) is 0.278. The second kappa shape index (κ2) is 7.50. The van der Waals surface area contributed by atoms with Crippen LogP contribution in [0, 0.1) is 13.8 Å². The van der Waals surface area contributed by atoms with Crippen molar-refractivity contribution in [3.63, 3.8) is 0 Å². The molecule has 0 unspecified atom stereocenters. The topological polar surface area (TPSA) is 47.6 Å². The molecule has 0 saturated carbocycles. The fourth-order valence-electron chi connectivity index (χ4n) is 2.09. The van der Waals surface area contributed by atoms with Crippen LogP contribution in [0.2, 0.25) is 0 Å². The molecule has 4 heteroatoms. The smallest absolute Gasteiger partial charge is 0.227 e. The average Bonchev–Trinajstić information content (AvgIpc) is 2.52. The standard InChI is InChI=1S/C18H21NO3/c1-13-7-6-10-16(14(13)2)22-12-11-18(20)19-15-8-4-5-9-17(15)21-3/h4-10H,11-12H2,1-3H3,(H,19,20). The van der Waals surface area contributed by atoms with E-state index < -0.39 is 0 Å². The minimum Gasteiger partial charge on any atom is -0.495 e. The number of para-hydroxylation sites is 2. The fourth-order valence-corrected chi connectivity index (χ4v) is 2.09. The monoisotopic (exact) mass is 299 g/mol. The maximum atomic E-state index is 12.0. The number of hydrogen-bond acceptors (Lipinski definition) is 3. The van der Waals surface area contributed by atoms with E-state index in [4.69, 9.17) is 9.47 Å². The minimum atomic E-state index is -0.102. The van der Waals surface area contributed by atoms with Crippen LogP contribution in [0.5, 0.6) is 11.5 Å². The lowest BCUT2D eigenvalue weighted by Crippen LogP contribution is -2.16. The molecule has 0 saturated heterocycles. The second-order valence-electron chi connectivity index (χ2n) is 5.04. The minimum absolute atomic E-state index is 0.102. The first-order valence-corrected chi connectivity index (χ1v) is 7.23. The van der Waals surface area contributed by atoms with Crippen LogP contribution < -0.4 is 14.8 Å². The molecule has 1 amide bonds. The quantitative estimate of drug-likeness (QED) is 0.884. The number of rotatable bonds is 6. The highest BCUT2D eigenvalue weighted by Crippen LogP contribution is 2.23. The summed E-state index contributed by atoms with van der Waals surface area (Å²) < 4.78 is 10.9. The van der Waals surface area contributed by atoms with Gasteiger partial charge >= 0.3 is 0 Å². The molecule has 0 aromatic heterocycles. The van der Waals surface area contributed by atoms with E-state index in [1.54, 1.807) is 7.11 Å². The van der Waals surface area contributed by atoms with E-state index >= 15 is 0 Å². The van der Waals surface area contributed by atoms with Gasteiger partial charge in [-0.2, -0.15) is 0 Å². The van der Waals surface area contributed by atoms with Gasteiger partial charge in [0.15, 0.2) is 0 Å². The number of hydrogen-bond donors (Lipinski definition) is 1. The lowest BCUT2D eigenvalue weighted by Gasteiger charge is -2.12. The maximum absolute atomic E-state index is 12.0. The van der Waals surface area contributed by atoms with Crippen LogP contribution in [0.1, 0.15) is 17.5 Å². The molecule has 2 rings (SSSR count). The summed E-state index contributed by atoms with van der Waals surface area (Å²) in [5.41, 5.74) is 2.95. The van der Waals surface area contributed by atoms with Crippen molar-refractivity contribution >= 4 is 11.6 Å². The SMILES string of the molecule is COc1ccccc1NC(=O)CCOc1cccc(C)c1C. The summed E-state index contributed by atoms with van der Waals surface area (Å²) in [4.78, 5) is 12.0. The van der Waals surface area contributed by atoms with E-state index in [9.17, 15) is 4.79 Å². The van der Waals surface area contributed by atoms with Crippen molar-refractivity contribution in [1.29, 1.82) is 0 Å². The van der Waals surface area contributed by atoms with Gasteiger partial charge in [-0.1, -0.05) is 24.3 Å². The Hall–Kier alpha value is -2.49. The Balaban J connectivity index is 1.87. The number of amides is 1. The summed E-state index contributed by atoms with van der Waals surface area (Å²) >= 11 is 0. The first-order chi connectivity index (χ1) is 10.6. The molecule has 2 aromatic carbocycles. The summed E-state index contributed by atoms with van der Waals surface area (Å²) in [6, 6.07) is 13.2. The summed E-state index contributed by atoms with van der Waals surface area (Å²) in [7, 11) is 1.58. The Labute approximate surface area is 131 Å². The van der Waals surface area contributed by atoms with Crippen molar-refractivity contribution in [2.24, 2.45) is 0 Å². The van der Waals surface area contributed by atoms with Gasteiger partial charge in [0.1, 0.15) is 11.5 Å². The molecule has 2 aromatic rings. The van der Waals surface area contributed by atoms with Crippen LogP contribution in [0.4, 0.5) is 5.69 Å². The van der Waals surface area contributed by atoms with Crippen LogP contribution in [0.15, 0.2) is 42.5 Å². The highest BCUT2D eigenvalue weighted by Gasteiger charge is 2.08. The lowest BCUT2D eigenvalue weighted by atomic mass is 10.1. The van der Waals surface area contributed by atoms with Crippen LogP contribution in [-0.2, 0) is 4.79 Å². The van der Waals surface area contributed by atoms with E-state index in [0.717, 1.165) is 11.3 Å². The van der Waals surface area contributed by atoms with Gasteiger partial charge in [0, 0.05) is 0 Å². The second-order valence-corrected chi connectivity index (χ2v) is 5.04. The van der Waals surface area contributed by atoms with Gasteiger partial charge in [0.2, 0.25) is 5.91 Å². The Morgan fingerprint density at radius 3 is 2.55 bits per heavy atom. The van der Waals surface area contributed by atoms with Crippen molar-refractivity contribution in [2.75, 3.05) is 19.0 Å². The Kier molecular flexibility index (Phi) is 5.42. The maximum Gasteiger partial charge on any atom is 0.227 e. The molecular weight excluding hydrogens is 278 g/mol. The molecule has 0 atom stereocenters. The largest absolute Gasteiger partial charge is 0.495 e. The van der Waals surface area contributed by atoms with Crippen LogP contribution in [0.25, 0.3) is 0 Å². The molecule has 0 aliphatic heterocycles. The van der Waals surface area contributed by atoms with Gasteiger partial charge in [-0.3, -0.25) is 4.79 Å². The molecule has 0 radical (unpaired) electrons. The van der Waals surface area contributed by atoms with Gasteiger partial charge in [0.05, 0.1) is 25.8 Å². The number of carbonyl (C=O) groups excluding carboxylic acids is 1. The van der Waals surface area contributed by atoms with Crippen LogP contribution in [0.3, 0.4) is 0 Å². The third-order valence-electron chi connectivity index (χ3n) is 3.52. The number of aryl methyl sites for hydroxylation is 1.